The topological polar surface area (TPSA) is 55.9 Å². The van der Waals surface area contributed by atoms with E-state index >= 15 is 0 Å². The average Bonchev–Trinajstić information content (AvgIpc) is 3.35. The Morgan fingerprint density at radius 2 is 1.63 bits per heavy atom. The number of rotatable bonds is 6. The van der Waals surface area contributed by atoms with Gasteiger partial charge in [-0.15, -0.1) is 0 Å². The Kier molecular flexibility index (Phi) is 4.85. The second kappa shape index (κ2) is 7.60. The molecule has 136 valence electrons. The Bertz CT molecular complexity index is 1010. The minimum absolute atomic E-state index is 0.412. The first kappa shape index (κ1) is 17.2. The third-order valence-electron chi connectivity index (χ3n) is 4.71. The van der Waals surface area contributed by atoms with Crippen LogP contribution in [0.2, 0.25) is 0 Å². The van der Waals surface area contributed by atoms with E-state index in [0.29, 0.717) is 6.54 Å². The van der Waals surface area contributed by atoms with E-state index in [2.05, 4.69) is 21.5 Å². The maximum absolute atomic E-state index is 10.7. The van der Waals surface area contributed by atoms with Gasteiger partial charge < -0.3 is 14.2 Å². The average molecular weight is 358 g/mol. The standard InChI is InChI=1S/C22H22N4O/c1-2-25-14-13-23-22(25)21-20(18-11-7-4-8-12-18)24-16-26(21)15-19(27)17-9-5-3-6-10-17/h3-14,16,19,27H,2,15H2,1H3. The van der Waals surface area contributed by atoms with Crippen molar-refractivity contribution in [1.82, 2.24) is 19.1 Å². The molecule has 1 atom stereocenters. The highest BCUT2D eigenvalue weighted by atomic mass is 16.3. The molecule has 4 aromatic rings. The molecule has 2 aromatic carbocycles. The van der Waals surface area contributed by atoms with Crippen molar-refractivity contribution in [3.63, 3.8) is 0 Å². The molecule has 2 heterocycles. The summed E-state index contributed by atoms with van der Waals surface area (Å²) in [5.41, 5.74) is 3.71. The summed E-state index contributed by atoms with van der Waals surface area (Å²) in [6.07, 6.45) is 4.94. The fourth-order valence-electron chi connectivity index (χ4n) is 3.31. The van der Waals surface area contributed by atoms with E-state index in [1.807, 2.05) is 71.4 Å². The largest absolute Gasteiger partial charge is 0.387 e. The number of aromatic nitrogens is 4. The monoisotopic (exact) mass is 358 g/mol. The number of aryl methyl sites for hydroxylation is 1. The third kappa shape index (κ3) is 3.41. The molecule has 0 amide bonds. The summed E-state index contributed by atoms with van der Waals surface area (Å²) >= 11 is 0. The van der Waals surface area contributed by atoms with Gasteiger partial charge in [-0.2, -0.15) is 0 Å². The van der Waals surface area contributed by atoms with Crippen LogP contribution < -0.4 is 0 Å². The van der Waals surface area contributed by atoms with Crippen LogP contribution in [-0.4, -0.2) is 24.2 Å². The van der Waals surface area contributed by atoms with E-state index in [9.17, 15) is 5.11 Å². The number of imidazole rings is 2. The molecule has 5 nitrogen and oxygen atoms in total. The Morgan fingerprint density at radius 3 is 2.33 bits per heavy atom. The molecule has 0 saturated carbocycles. The molecule has 0 saturated heterocycles. The first-order chi connectivity index (χ1) is 13.3. The predicted molar refractivity (Wildman–Crippen MR) is 106 cm³/mol. The second-order valence-electron chi connectivity index (χ2n) is 6.42. The number of benzene rings is 2. The van der Waals surface area contributed by atoms with Gasteiger partial charge in [0, 0.05) is 24.5 Å². The van der Waals surface area contributed by atoms with Gasteiger partial charge in [-0.25, -0.2) is 9.97 Å². The molecule has 4 rings (SSSR count). The molecule has 0 aliphatic heterocycles. The molecule has 0 fully saturated rings. The van der Waals surface area contributed by atoms with Crippen molar-refractivity contribution in [2.24, 2.45) is 0 Å². The molecule has 27 heavy (non-hydrogen) atoms. The quantitative estimate of drug-likeness (QED) is 0.563. The summed E-state index contributed by atoms with van der Waals surface area (Å²) in [5.74, 6) is 0.856. The van der Waals surface area contributed by atoms with Gasteiger partial charge in [-0.3, -0.25) is 0 Å². The number of hydrogen-bond donors (Lipinski definition) is 1. The first-order valence-electron chi connectivity index (χ1n) is 9.13. The molecule has 0 radical (unpaired) electrons. The van der Waals surface area contributed by atoms with Crippen molar-refractivity contribution < 1.29 is 5.11 Å². The van der Waals surface area contributed by atoms with E-state index in [1.165, 1.54) is 0 Å². The molecular weight excluding hydrogens is 336 g/mol. The van der Waals surface area contributed by atoms with Crippen LogP contribution in [-0.2, 0) is 13.1 Å². The van der Waals surface area contributed by atoms with Gasteiger partial charge >= 0.3 is 0 Å². The van der Waals surface area contributed by atoms with Crippen molar-refractivity contribution in [3.05, 3.63) is 84.9 Å². The van der Waals surface area contributed by atoms with Crippen LogP contribution in [0.4, 0.5) is 0 Å². The van der Waals surface area contributed by atoms with Crippen LogP contribution in [0.25, 0.3) is 22.8 Å². The normalized spacial score (nSPS) is 12.2. The van der Waals surface area contributed by atoms with Gasteiger partial charge in [-0.1, -0.05) is 60.7 Å². The van der Waals surface area contributed by atoms with Crippen molar-refractivity contribution in [1.29, 1.82) is 0 Å². The SMILES string of the molecule is CCn1ccnc1-c1c(-c2ccccc2)ncn1CC(O)c1ccccc1. The summed E-state index contributed by atoms with van der Waals surface area (Å²) in [4.78, 5) is 9.24. The van der Waals surface area contributed by atoms with Crippen LogP contribution in [0.3, 0.4) is 0 Å². The maximum atomic E-state index is 10.7. The zero-order valence-electron chi connectivity index (χ0n) is 15.2. The number of aliphatic hydroxyl groups is 1. The van der Waals surface area contributed by atoms with Crippen LogP contribution >= 0.6 is 0 Å². The summed E-state index contributed by atoms with van der Waals surface area (Å²) in [5, 5.41) is 10.7. The van der Waals surface area contributed by atoms with Crippen molar-refractivity contribution in [3.8, 4) is 22.8 Å². The Hall–Kier alpha value is -3.18. The van der Waals surface area contributed by atoms with Gasteiger partial charge in [0.15, 0.2) is 5.82 Å². The van der Waals surface area contributed by atoms with E-state index in [1.54, 1.807) is 12.5 Å². The Labute approximate surface area is 158 Å². The van der Waals surface area contributed by atoms with Crippen LogP contribution in [0, 0.1) is 0 Å². The van der Waals surface area contributed by atoms with Crippen molar-refractivity contribution in [2.45, 2.75) is 26.1 Å². The molecule has 2 aromatic heterocycles. The van der Waals surface area contributed by atoms with Gasteiger partial charge in [0.05, 0.1) is 24.7 Å². The van der Waals surface area contributed by atoms with Crippen LogP contribution in [0.1, 0.15) is 18.6 Å². The second-order valence-corrected chi connectivity index (χ2v) is 6.42. The van der Waals surface area contributed by atoms with Crippen LogP contribution in [0.5, 0.6) is 0 Å². The Morgan fingerprint density at radius 1 is 0.926 bits per heavy atom. The lowest BCUT2D eigenvalue weighted by molar-refractivity contribution is 0.157. The minimum Gasteiger partial charge on any atom is -0.387 e. The molecule has 5 heteroatoms. The lowest BCUT2D eigenvalue weighted by Gasteiger charge is -2.15. The van der Waals surface area contributed by atoms with Crippen molar-refractivity contribution >= 4 is 0 Å². The summed E-state index contributed by atoms with van der Waals surface area (Å²) in [6, 6.07) is 19.8. The van der Waals surface area contributed by atoms with Crippen molar-refractivity contribution in [2.75, 3.05) is 0 Å². The molecule has 0 bridgehead atoms. The highest BCUT2D eigenvalue weighted by molar-refractivity contribution is 5.75. The molecule has 0 aliphatic carbocycles. The predicted octanol–water partition coefficient (Wildman–Crippen LogP) is 4.17. The lowest BCUT2D eigenvalue weighted by atomic mass is 10.1. The summed E-state index contributed by atoms with van der Waals surface area (Å²) in [7, 11) is 0. The van der Waals surface area contributed by atoms with Gasteiger partial charge in [0.25, 0.3) is 0 Å². The zero-order chi connectivity index (χ0) is 18.6. The maximum Gasteiger partial charge on any atom is 0.158 e. The minimum atomic E-state index is -0.618. The fraction of sp³-hybridized carbons (Fsp3) is 0.182. The first-order valence-corrected chi connectivity index (χ1v) is 9.13. The van der Waals surface area contributed by atoms with Crippen LogP contribution in [0.15, 0.2) is 79.4 Å². The molecule has 1 unspecified atom stereocenters. The lowest BCUT2D eigenvalue weighted by Crippen LogP contribution is -2.11. The molecule has 0 spiro atoms. The third-order valence-corrected chi connectivity index (χ3v) is 4.71. The number of hydrogen-bond acceptors (Lipinski definition) is 3. The van der Waals surface area contributed by atoms with Gasteiger partial charge in [0.1, 0.15) is 5.69 Å². The number of aliphatic hydroxyl groups excluding tert-OH is 1. The highest BCUT2D eigenvalue weighted by Gasteiger charge is 2.20. The highest BCUT2D eigenvalue weighted by Crippen LogP contribution is 2.31. The summed E-state index contributed by atoms with van der Waals surface area (Å²) < 4.78 is 4.09. The molecule has 0 aliphatic rings. The van der Waals surface area contributed by atoms with Gasteiger partial charge in [0.2, 0.25) is 0 Å². The van der Waals surface area contributed by atoms with E-state index in [-0.39, 0.29) is 0 Å². The fourth-order valence-corrected chi connectivity index (χ4v) is 3.31. The van der Waals surface area contributed by atoms with E-state index < -0.39 is 6.10 Å². The molecule has 1 N–H and O–H groups in total. The van der Waals surface area contributed by atoms with E-state index in [4.69, 9.17) is 0 Å². The molecular formula is C22H22N4O. The Balaban J connectivity index is 1.79. The summed E-state index contributed by atoms with van der Waals surface area (Å²) in [6.45, 7) is 3.32. The van der Waals surface area contributed by atoms with E-state index in [0.717, 1.165) is 34.9 Å². The smallest absolute Gasteiger partial charge is 0.158 e. The number of nitrogens with zero attached hydrogens (tertiary/aromatic N) is 4. The van der Waals surface area contributed by atoms with Gasteiger partial charge in [-0.05, 0) is 12.5 Å². The zero-order valence-corrected chi connectivity index (χ0v) is 15.2.